The van der Waals surface area contributed by atoms with Crippen LogP contribution < -0.4 is 4.72 Å². The lowest BCUT2D eigenvalue weighted by atomic mass is 10.3. The number of hydrogen-bond donors (Lipinski definition) is 1. The molecule has 0 saturated carbocycles. The summed E-state index contributed by atoms with van der Waals surface area (Å²) in [6, 6.07) is 2.54. The zero-order valence-electron chi connectivity index (χ0n) is 11.9. The highest BCUT2D eigenvalue weighted by Crippen LogP contribution is 2.31. The highest BCUT2D eigenvalue weighted by atomic mass is 35.5. The van der Waals surface area contributed by atoms with Crippen molar-refractivity contribution in [1.82, 2.24) is 14.5 Å². The second-order valence-corrected chi connectivity index (χ2v) is 7.55. The first kappa shape index (κ1) is 17.6. The van der Waals surface area contributed by atoms with E-state index in [1.54, 1.807) is 10.9 Å². The van der Waals surface area contributed by atoms with E-state index in [2.05, 4.69) is 9.82 Å². The Balaban J connectivity index is 2.25. The lowest BCUT2D eigenvalue weighted by molar-refractivity contribution is 0.581. The van der Waals surface area contributed by atoms with Crippen LogP contribution in [0.1, 0.15) is 18.2 Å². The maximum absolute atomic E-state index is 12.4. The molecule has 120 valence electrons. The fourth-order valence-electron chi connectivity index (χ4n) is 1.94. The van der Waals surface area contributed by atoms with Crippen LogP contribution >= 0.6 is 34.8 Å². The molecule has 0 saturated heterocycles. The molecule has 9 heteroatoms. The van der Waals surface area contributed by atoms with Crippen LogP contribution in [0.4, 0.5) is 0 Å². The Labute approximate surface area is 144 Å². The fraction of sp³-hybridized carbons (Fsp3) is 0.308. The highest BCUT2D eigenvalue weighted by molar-refractivity contribution is 7.89. The van der Waals surface area contributed by atoms with Crippen LogP contribution in [0.15, 0.2) is 23.2 Å². The minimum atomic E-state index is -3.80. The second kappa shape index (κ2) is 6.76. The summed E-state index contributed by atoms with van der Waals surface area (Å²) in [5, 5.41) is 4.51. The van der Waals surface area contributed by atoms with Gasteiger partial charge in [-0.05, 0) is 26.0 Å². The van der Waals surface area contributed by atoms with Crippen molar-refractivity contribution in [3.05, 3.63) is 44.7 Å². The van der Waals surface area contributed by atoms with Gasteiger partial charge in [0.25, 0.3) is 0 Å². The molecule has 2 rings (SSSR count). The maximum Gasteiger partial charge on any atom is 0.242 e. The van der Waals surface area contributed by atoms with Gasteiger partial charge < -0.3 is 0 Å². The summed E-state index contributed by atoms with van der Waals surface area (Å²) >= 11 is 17.6. The number of nitrogens with zero attached hydrogens (tertiary/aromatic N) is 2. The number of hydrogen-bond acceptors (Lipinski definition) is 3. The lowest BCUT2D eigenvalue weighted by Crippen LogP contribution is -2.24. The Bertz CT molecular complexity index is 803. The molecule has 0 amide bonds. The third-order valence-electron chi connectivity index (χ3n) is 3.22. The van der Waals surface area contributed by atoms with Crippen molar-refractivity contribution in [1.29, 1.82) is 0 Å². The first-order valence-corrected chi connectivity index (χ1v) is 9.03. The average molecular weight is 383 g/mol. The fourth-order valence-corrected chi connectivity index (χ4v) is 3.94. The number of rotatable bonds is 5. The van der Waals surface area contributed by atoms with Crippen molar-refractivity contribution in [3.63, 3.8) is 0 Å². The summed E-state index contributed by atoms with van der Waals surface area (Å²) in [6.07, 6.45) is 1.64. The molecular weight excluding hydrogens is 369 g/mol. The number of benzene rings is 1. The number of halogens is 3. The van der Waals surface area contributed by atoms with Crippen LogP contribution in [0.5, 0.6) is 0 Å². The maximum atomic E-state index is 12.4. The SMILES string of the molecule is CCn1ncc(CNS(=O)(=O)c2cc(Cl)c(Cl)cc2Cl)c1C. The Morgan fingerprint density at radius 1 is 1.18 bits per heavy atom. The summed E-state index contributed by atoms with van der Waals surface area (Å²) in [5.41, 5.74) is 1.70. The predicted octanol–water partition coefficient (Wildman–Crippen LogP) is 3.65. The van der Waals surface area contributed by atoms with Crippen LogP contribution in [-0.4, -0.2) is 18.2 Å². The first-order valence-electron chi connectivity index (χ1n) is 6.41. The Hall–Kier alpha value is -0.790. The average Bonchev–Trinajstić information content (AvgIpc) is 2.81. The molecule has 2 aromatic rings. The number of aromatic nitrogens is 2. The first-order chi connectivity index (χ1) is 10.3. The summed E-state index contributed by atoms with van der Waals surface area (Å²) in [7, 11) is -3.80. The standard InChI is InChI=1S/C13H14Cl3N3O2S/c1-3-19-8(2)9(6-17-19)7-18-22(20,21)13-5-11(15)10(14)4-12(13)16/h4-6,18H,3,7H2,1-2H3. The van der Waals surface area contributed by atoms with Crippen LogP contribution in [-0.2, 0) is 23.1 Å². The van der Waals surface area contributed by atoms with E-state index < -0.39 is 10.0 Å². The van der Waals surface area contributed by atoms with Crippen molar-refractivity contribution in [2.24, 2.45) is 0 Å². The molecular formula is C13H14Cl3N3O2S. The summed E-state index contributed by atoms with van der Waals surface area (Å²) in [6.45, 7) is 4.68. The van der Waals surface area contributed by atoms with Crippen molar-refractivity contribution in [3.8, 4) is 0 Å². The zero-order chi connectivity index (χ0) is 16.5. The Morgan fingerprint density at radius 3 is 2.41 bits per heavy atom. The van der Waals surface area contributed by atoms with Crippen molar-refractivity contribution >= 4 is 44.8 Å². The molecule has 0 aliphatic carbocycles. The van der Waals surface area contributed by atoms with Gasteiger partial charge in [-0.3, -0.25) is 4.68 Å². The van der Waals surface area contributed by atoms with Gasteiger partial charge in [-0.2, -0.15) is 5.10 Å². The molecule has 1 heterocycles. The van der Waals surface area contributed by atoms with Crippen molar-refractivity contribution in [2.75, 3.05) is 0 Å². The van der Waals surface area contributed by atoms with Gasteiger partial charge in [0, 0.05) is 24.3 Å². The molecule has 0 aliphatic heterocycles. The van der Waals surface area contributed by atoms with Gasteiger partial charge in [0.1, 0.15) is 4.90 Å². The summed E-state index contributed by atoms with van der Waals surface area (Å²) in [5.74, 6) is 0. The molecule has 22 heavy (non-hydrogen) atoms. The molecule has 1 N–H and O–H groups in total. The Morgan fingerprint density at radius 2 is 1.82 bits per heavy atom. The van der Waals surface area contributed by atoms with Gasteiger partial charge in [-0.25, -0.2) is 13.1 Å². The van der Waals surface area contributed by atoms with E-state index in [1.807, 2.05) is 13.8 Å². The van der Waals surface area contributed by atoms with Gasteiger partial charge in [-0.1, -0.05) is 34.8 Å². The van der Waals surface area contributed by atoms with E-state index in [0.29, 0.717) is 0 Å². The molecule has 1 aromatic heterocycles. The largest absolute Gasteiger partial charge is 0.270 e. The molecule has 1 aromatic carbocycles. The molecule has 0 radical (unpaired) electrons. The summed E-state index contributed by atoms with van der Waals surface area (Å²) in [4.78, 5) is -0.107. The van der Waals surface area contributed by atoms with Crippen LogP contribution in [0.3, 0.4) is 0 Å². The van der Waals surface area contributed by atoms with Crippen molar-refractivity contribution in [2.45, 2.75) is 31.8 Å². The van der Waals surface area contributed by atoms with Crippen molar-refractivity contribution < 1.29 is 8.42 Å². The smallest absolute Gasteiger partial charge is 0.242 e. The number of nitrogens with one attached hydrogen (secondary N) is 1. The van der Waals surface area contributed by atoms with E-state index in [0.717, 1.165) is 17.8 Å². The van der Waals surface area contributed by atoms with Crippen LogP contribution in [0.2, 0.25) is 15.1 Å². The van der Waals surface area contributed by atoms with Gasteiger partial charge in [0.2, 0.25) is 10.0 Å². The zero-order valence-corrected chi connectivity index (χ0v) is 15.0. The van der Waals surface area contributed by atoms with E-state index in [-0.39, 0.29) is 26.5 Å². The second-order valence-electron chi connectivity index (χ2n) is 4.59. The van der Waals surface area contributed by atoms with Gasteiger partial charge in [-0.15, -0.1) is 0 Å². The monoisotopic (exact) mass is 381 g/mol. The third-order valence-corrected chi connectivity index (χ3v) is 5.81. The molecule has 0 atom stereocenters. The third kappa shape index (κ3) is 3.58. The minimum absolute atomic E-state index is 0.0166. The number of aryl methyl sites for hydroxylation is 1. The van der Waals surface area contributed by atoms with Gasteiger partial charge >= 0.3 is 0 Å². The van der Waals surface area contributed by atoms with E-state index in [9.17, 15) is 8.42 Å². The topological polar surface area (TPSA) is 64.0 Å². The molecule has 0 unspecified atom stereocenters. The summed E-state index contributed by atoms with van der Waals surface area (Å²) < 4.78 is 29.0. The normalized spacial score (nSPS) is 11.9. The van der Waals surface area contributed by atoms with E-state index in [4.69, 9.17) is 34.8 Å². The van der Waals surface area contributed by atoms with E-state index >= 15 is 0 Å². The van der Waals surface area contributed by atoms with Crippen LogP contribution in [0, 0.1) is 6.92 Å². The van der Waals surface area contributed by atoms with Gasteiger partial charge in [0.15, 0.2) is 0 Å². The quantitative estimate of drug-likeness (QED) is 0.803. The highest BCUT2D eigenvalue weighted by Gasteiger charge is 2.20. The molecule has 0 aliphatic rings. The Kier molecular flexibility index (Phi) is 5.40. The lowest BCUT2D eigenvalue weighted by Gasteiger charge is -2.09. The minimum Gasteiger partial charge on any atom is -0.270 e. The molecule has 5 nitrogen and oxygen atoms in total. The molecule has 0 fully saturated rings. The molecule has 0 spiro atoms. The van der Waals surface area contributed by atoms with Gasteiger partial charge in [0.05, 0.1) is 21.3 Å². The molecule has 0 bridgehead atoms. The predicted molar refractivity (Wildman–Crippen MR) is 88.1 cm³/mol. The number of sulfonamides is 1. The van der Waals surface area contributed by atoms with Crippen LogP contribution in [0.25, 0.3) is 0 Å². The van der Waals surface area contributed by atoms with E-state index in [1.165, 1.54) is 12.1 Å².